The Kier molecular flexibility index (Phi) is 3.48. The number of nitrogens with zero attached hydrogens (tertiary/aromatic N) is 2. The lowest BCUT2D eigenvalue weighted by atomic mass is 10.1. The highest BCUT2D eigenvalue weighted by molar-refractivity contribution is 7.09. The summed E-state index contributed by atoms with van der Waals surface area (Å²) in [5, 5.41) is 3.11. The van der Waals surface area contributed by atoms with Gasteiger partial charge in [0.2, 0.25) is 5.13 Å². The molecule has 0 aliphatic carbocycles. The summed E-state index contributed by atoms with van der Waals surface area (Å²) in [6, 6.07) is 0. The zero-order chi connectivity index (χ0) is 14.2. The summed E-state index contributed by atoms with van der Waals surface area (Å²) in [7, 11) is 0. The molecule has 0 unspecified atom stereocenters. The van der Waals surface area contributed by atoms with Crippen LogP contribution in [-0.2, 0) is 0 Å². The van der Waals surface area contributed by atoms with Gasteiger partial charge in [-0.2, -0.15) is 4.37 Å². The number of nitrogens with one attached hydrogen (secondary N) is 2. The molecule has 1 amide bonds. The maximum absolute atomic E-state index is 12.1. The predicted molar refractivity (Wildman–Crippen MR) is 72.9 cm³/mol. The SMILES string of the molecule is CC(=O)c1c(C)[nH]c(C(=O)Nc2nc(C)ns2)c1C. The number of H-pyrrole nitrogens is 1. The van der Waals surface area contributed by atoms with Crippen LogP contribution in [0.2, 0.25) is 0 Å². The standard InChI is InChI=1S/C12H14N4O2S/c1-5-9(7(3)17)6(2)13-10(5)11(18)15-12-14-8(4)16-19-12/h13H,1-4H3,(H,14,15,16,18). The fourth-order valence-electron chi connectivity index (χ4n) is 2.01. The van der Waals surface area contributed by atoms with Crippen molar-refractivity contribution in [2.45, 2.75) is 27.7 Å². The molecule has 0 aromatic carbocycles. The first-order valence-electron chi connectivity index (χ1n) is 5.72. The summed E-state index contributed by atoms with van der Waals surface area (Å²) in [6.07, 6.45) is 0. The van der Waals surface area contributed by atoms with E-state index in [0.29, 0.717) is 33.5 Å². The summed E-state index contributed by atoms with van der Waals surface area (Å²) >= 11 is 1.12. The van der Waals surface area contributed by atoms with Crippen LogP contribution in [-0.4, -0.2) is 26.0 Å². The normalized spacial score (nSPS) is 10.5. The summed E-state index contributed by atoms with van der Waals surface area (Å²) in [6.45, 7) is 6.76. The number of aromatic amines is 1. The van der Waals surface area contributed by atoms with E-state index in [1.807, 2.05) is 0 Å². The van der Waals surface area contributed by atoms with E-state index < -0.39 is 0 Å². The minimum absolute atomic E-state index is 0.0583. The molecular weight excluding hydrogens is 264 g/mol. The second-order valence-electron chi connectivity index (χ2n) is 4.28. The highest BCUT2D eigenvalue weighted by atomic mass is 32.1. The van der Waals surface area contributed by atoms with Crippen LogP contribution in [0.3, 0.4) is 0 Å². The van der Waals surface area contributed by atoms with Crippen LogP contribution in [0.4, 0.5) is 5.13 Å². The molecule has 0 saturated carbocycles. The quantitative estimate of drug-likeness (QED) is 0.843. The molecule has 0 fully saturated rings. The van der Waals surface area contributed by atoms with Crippen LogP contribution >= 0.6 is 11.5 Å². The Hall–Kier alpha value is -2.02. The number of aryl methyl sites for hydroxylation is 2. The highest BCUT2D eigenvalue weighted by Gasteiger charge is 2.20. The fraction of sp³-hybridized carbons (Fsp3) is 0.333. The third-order valence-corrected chi connectivity index (χ3v) is 3.49. The number of hydrogen-bond donors (Lipinski definition) is 2. The molecule has 2 aromatic heterocycles. The van der Waals surface area contributed by atoms with E-state index in [1.165, 1.54) is 6.92 Å². The van der Waals surface area contributed by atoms with Gasteiger partial charge in [0.05, 0.1) is 0 Å². The molecule has 2 rings (SSSR count). The number of amides is 1. The molecule has 2 heterocycles. The van der Waals surface area contributed by atoms with Crippen molar-refractivity contribution in [3.8, 4) is 0 Å². The van der Waals surface area contributed by atoms with Crippen molar-refractivity contribution in [3.05, 3.63) is 28.3 Å². The number of carbonyl (C=O) groups excluding carboxylic acids is 2. The van der Waals surface area contributed by atoms with E-state index in [0.717, 1.165) is 11.5 Å². The molecule has 0 bridgehead atoms. The van der Waals surface area contributed by atoms with E-state index >= 15 is 0 Å². The Bertz CT molecular complexity index is 657. The Morgan fingerprint density at radius 3 is 2.42 bits per heavy atom. The van der Waals surface area contributed by atoms with Crippen LogP contribution in [0.5, 0.6) is 0 Å². The third-order valence-electron chi connectivity index (χ3n) is 2.76. The Labute approximate surface area is 114 Å². The third kappa shape index (κ3) is 2.55. The van der Waals surface area contributed by atoms with Crippen molar-refractivity contribution < 1.29 is 9.59 Å². The molecule has 100 valence electrons. The van der Waals surface area contributed by atoms with Crippen molar-refractivity contribution in [1.29, 1.82) is 0 Å². The molecule has 6 nitrogen and oxygen atoms in total. The average molecular weight is 278 g/mol. The van der Waals surface area contributed by atoms with Crippen LogP contribution in [0.15, 0.2) is 0 Å². The van der Waals surface area contributed by atoms with Gasteiger partial charge in [-0.25, -0.2) is 4.98 Å². The zero-order valence-corrected chi connectivity index (χ0v) is 11.9. The first-order valence-corrected chi connectivity index (χ1v) is 6.49. The van der Waals surface area contributed by atoms with Gasteiger partial charge in [-0.1, -0.05) is 0 Å². The van der Waals surface area contributed by atoms with Gasteiger partial charge in [-0.3, -0.25) is 14.9 Å². The van der Waals surface area contributed by atoms with Crippen molar-refractivity contribution in [3.63, 3.8) is 0 Å². The molecule has 0 radical (unpaired) electrons. The lowest BCUT2D eigenvalue weighted by Crippen LogP contribution is -2.13. The van der Waals surface area contributed by atoms with Gasteiger partial charge in [0.15, 0.2) is 5.78 Å². The summed E-state index contributed by atoms with van der Waals surface area (Å²) in [4.78, 5) is 30.6. The van der Waals surface area contributed by atoms with Gasteiger partial charge in [-0.05, 0) is 33.3 Å². The summed E-state index contributed by atoms with van der Waals surface area (Å²) in [5.41, 5.74) is 2.31. The fourth-order valence-corrected chi connectivity index (χ4v) is 2.58. The smallest absolute Gasteiger partial charge is 0.274 e. The molecular formula is C12H14N4O2S. The van der Waals surface area contributed by atoms with E-state index in [-0.39, 0.29) is 11.7 Å². The molecule has 0 saturated heterocycles. The molecule has 19 heavy (non-hydrogen) atoms. The first-order chi connectivity index (χ1) is 8.90. The summed E-state index contributed by atoms with van der Waals surface area (Å²) in [5.74, 6) is 0.241. The molecule has 0 aliphatic heterocycles. The van der Waals surface area contributed by atoms with E-state index in [1.54, 1.807) is 20.8 Å². The molecule has 0 atom stereocenters. The number of ketones is 1. The second-order valence-corrected chi connectivity index (χ2v) is 5.03. The van der Waals surface area contributed by atoms with Gasteiger partial charge in [0.1, 0.15) is 11.5 Å². The van der Waals surface area contributed by atoms with E-state index in [4.69, 9.17) is 0 Å². The zero-order valence-electron chi connectivity index (χ0n) is 11.1. The van der Waals surface area contributed by atoms with E-state index in [2.05, 4.69) is 19.7 Å². The Morgan fingerprint density at radius 2 is 1.95 bits per heavy atom. The van der Waals surface area contributed by atoms with Crippen molar-refractivity contribution in [1.82, 2.24) is 14.3 Å². The number of anilines is 1. The minimum Gasteiger partial charge on any atom is -0.354 e. The molecule has 7 heteroatoms. The maximum Gasteiger partial charge on any atom is 0.274 e. The average Bonchev–Trinajstić information content (AvgIpc) is 2.82. The lowest BCUT2D eigenvalue weighted by molar-refractivity contribution is 0.101. The molecule has 0 aliphatic rings. The van der Waals surface area contributed by atoms with Crippen LogP contribution < -0.4 is 5.32 Å². The van der Waals surface area contributed by atoms with Crippen molar-refractivity contribution >= 4 is 28.4 Å². The molecule has 2 N–H and O–H groups in total. The van der Waals surface area contributed by atoms with Crippen LogP contribution in [0, 0.1) is 20.8 Å². The first kappa shape index (κ1) is 13.4. The van der Waals surface area contributed by atoms with Gasteiger partial charge in [-0.15, -0.1) is 0 Å². The number of Topliss-reactive ketones (excluding diaryl/α,β-unsaturated/α-hetero) is 1. The summed E-state index contributed by atoms with van der Waals surface area (Å²) < 4.78 is 3.99. The van der Waals surface area contributed by atoms with Gasteiger partial charge < -0.3 is 4.98 Å². The highest BCUT2D eigenvalue weighted by Crippen LogP contribution is 2.20. The number of aromatic nitrogens is 3. The topological polar surface area (TPSA) is 87.7 Å². The Balaban J connectivity index is 2.29. The number of hydrogen-bond acceptors (Lipinski definition) is 5. The molecule has 2 aromatic rings. The minimum atomic E-state index is -0.316. The van der Waals surface area contributed by atoms with Gasteiger partial charge >= 0.3 is 0 Å². The molecule has 0 spiro atoms. The van der Waals surface area contributed by atoms with Crippen LogP contribution in [0.1, 0.15) is 44.9 Å². The number of carbonyl (C=O) groups is 2. The van der Waals surface area contributed by atoms with E-state index in [9.17, 15) is 9.59 Å². The second kappa shape index (κ2) is 4.93. The Morgan fingerprint density at radius 1 is 1.26 bits per heavy atom. The van der Waals surface area contributed by atoms with Gasteiger partial charge in [0.25, 0.3) is 5.91 Å². The monoisotopic (exact) mass is 278 g/mol. The van der Waals surface area contributed by atoms with Crippen LogP contribution in [0.25, 0.3) is 0 Å². The number of rotatable bonds is 3. The lowest BCUT2D eigenvalue weighted by Gasteiger charge is -2.00. The predicted octanol–water partition coefficient (Wildman–Crippen LogP) is 2.25. The largest absolute Gasteiger partial charge is 0.354 e. The van der Waals surface area contributed by atoms with Crippen molar-refractivity contribution in [2.75, 3.05) is 5.32 Å². The maximum atomic E-state index is 12.1. The van der Waals surface area contributed by atoms with Gasteiger partial charge in [0, 0.05) is 22.8 Å². The van der Waals surface area contributed by atoms with Crippen molar-refractivity contribution in [2.24, 2.45) is 0 Å².